The van der Waals surface area contributed by atoms with Gasteiger partial charge in [-0.25, -0.2) is 15.0 Å². The zero-order valence-corrected chi connectivity index (χ0v) is 14.2. The summed E-state index contributed by atoms with van der Waals surface area (Å²) in [5, 5.41) is 7.19. The van der Waals surface area contributed by atoms with E-state index in [9.17, 15) is 0 Å². The van der Waals surface area contributed by atoms with Crippen LogP contribution in [0.2, 0.25) is 5.02 Å². The molecule has 1 unspecified atom stereocenters. The highest BCUT2D eigenvalue weighted by molar-refractivity contribution is 6.30. The Labute approximate surface area is 150 Å². The summed E-state index contributed by atoms with van der Waals surface area (Å²) in [4.78, 5) is 17.2. The molecule has 0 saturated carbocycles. The van der Waals surface area contributed by atoms with E-state index >= 15 is 0 Å². The van der Waals surface area contributed by atoms with Crippen molar-refractivity contribution in [2.75, 3.05) is 17.2 Å². The Morgan fingerprint density at radius 3 is 2.80 bits per heavy atom. The van der Waals surface area contributed by atoms with Gasteiger partial charge in [0.2, 0.25) is 5.95 Å². The smallest absolute Gasteiger partial charge is 0.222 e. The lowest BCUT2D eigenvalue weighted by Gasteiger charge is -2.10. The van der Waals surface area contributed by atoms with Crippen molar-refractivity contribution in [2.24, 2.45) is 0 Å². The molecule has 0 fully saturated rings. The number of nitrogens with zero attached hydrogens (tertiary/aromatic N) is 4. The van der Waals surface area contributed by atoms with E-state index in [-0.39, 0.29) is 0 Å². The molecule has 0 saturated heterocycles. The molecule has 6 nitrogen and oxygen atoms in total. The second-order valence-corrected chi connectivity index (χ2v) is 6.44. The van der Waals surface area contributed by atoms with Crippen LogP contribution < -0.4 is 10.6 Å². The summed E-state index contributed by atoms with van der Waals surface area (Å²) in [6, 6.07) is 5.91. The Morgan fingerprint density at radius 1 is 1.12 bits per heavy atom. The van der Waals surface area contributed by atoms with Gasteiger partial charge in [-0.2, -0.15) is 0 Å². The number of pyridine rings is 2. The number of aromatic nitrogens is 4. The molecule has 4 rings (SSSR count). The molecule has 0 aromatic carbocycles. The summed E-state index contributed by atoms with van der Waals surface area (Å²) in [5.41, 5.74) is 3.34. The van der Waals surface area contributed by atoms with Gasteiger partial charge < -0.3 is 10.6 Å². The maximum absolute atomic E-state index is 6.07. The van der Waals surface area contributed by atoms with Crippen LogP contribution in [0, 0.1) is 0 Å². The van der Waals surface area contributed by atoms with E-state index in [2.05, 4.69) is 30.6 Å². The van der Waals surface area contributed by atoms with E-state index in [0.717, 1.165) is 35.5 Å². The first-order valence-electron chi connectivity index (χ1n) is 8.11. The van der Waals surface area contributed by atoms with Gasteiger partial charge in [-0.05, 0) is 29.7 Å². The Bertz CT molecular complexity index is 853. The second kappa shape index (κ2) is 7.03. The minimum atomic E-state index is 0.332. The SMILES string of the molecule is Clc1cnc2c(c1)C(Cc1cnc(NCc3cccnc3)nc1)CN2. The molecular weight excluding hydrogens is 336 g/mol. The summed E-state index contributed by atoms with van der Waals surface area (Å²) in [6.45, 7) is 1.50. The van der Waals surface area contributed by atoms with Crippen molar-refractivity contribution in [3.63, 3.8) is 0 Å². The zero-order chi connectivity index (χ0) is 17.1. The fourth-order valence-electron chi connectivity index (χ4n) is 2.95. The second-order valence-electron chi connectivity index (χ2n) is 6.00. The maximum atomic E-state index is 6.07. The topological polar surface area (TPSA) is 75.6 Å². The van der Waals surface area contributed by atoms with E-state index in [4.69, 9.17) is 11.6 Å². The third kappa shape index (κ3) is 3.69. The number of rotatable bonds is 5. The highest BCUT2D eigenvalue weighted by atomic mass is 35.5. The van der Waals surface area contributed by atoms with Crippen LogP contribution in [0.4, 0.5) is 11.8 Å². The van der Waals surface area contributed by atoms with Gasteiger partial charge in [0.1, 0.15) is 5.82 Å². The van der Waals surface area contributed by atoms with Crippen LogP contribution >= 0.6 is 11.6 Å². The summed E-state index contributed by atoms with van der Waals surface area (Å²) in [6.07, 6.45) is 9.84. The van der Waals surface area contributed by atoms with Gasteiger partial charge in [-0.15, -0.1) is 0 Å². The fraction of sp³-hybridized carbons (Fsp3) is 0.222. The van der Waals surface area contributed by atoms with E-state index in [1.54, 1.807) is 12.4 Å². The minimum Gasteiger partial charge on any atom is -0.369 e. The number of hydrogen-bond acceptors (Lipinski definition) is 6. The number of hydrogen-bond donors (Lipinski definition) is 2. The molecule has 1 aliphatic rings. The molecule has 2 N–H and O–H groups in total. The molecule has 0 spiro atoms. The first-order chi connectivity index (χ1) is 12.3. The van der Waals surface area contributed by atoms with Gasteiger partial charge in [0, 0.05) is 55.6 Å². The molecule has 25 heavy (non-hydrogen) atoms. The zero-order valence-electron chi connectivity index (χ0n) is 13.5. The predicted octanol–water partition coefficient (Wildman–Crippen LogP) is 3.28. The van der Waals surface area contributed by atoms with E-state index in [1.807, 2.05) is 36.8 Å². The van der Waals surface area contributed by atoms with E-state index in [0.29, 0.717) is 23.4 Å². The molecule has 0 radical (unpaired) electrons. The lowest BCUT2D eigenvalue weighted by Crippen LogP contribution is -2.08. The number of halogens is 1. The van der Waals surface area contributed by atoms with Gasteiger partial charge in [-0.1, -0.05) is 17.7 Å². The summed E-state index contributed by atoms with van der Waals surface area (Å²) < 4.78 is 0. The molecular formula is C18H17ClN6. The quantitative estimate of drug-likeness (QED) is 0.734. The van der Waals surface area contributed by atoms with E-state index in [1.165, 1.54) is 0 Å². The molecule has 1 aliphatic heterocycles. The number of fused-ring (bicyclic) bond motifs is 1. The Kier molecular flexibility index (Phi) is 4.43. The fourth-order valence-corrected chi connectivity index (χ4v) is 3.11. The van der Waals surface area contributed by atoms with Crippen LogP contribution in [0.25, 0.3) is 0 Å². The third-order valence-electron chi connectivity index (χ3n) is 4.20. The minimum absolute atomic E-state index is 0.332. The lowest BCUT2D eigenvalue weighted by molar-refractivity contribution is 0.745. The van der Waals surface area contributed by atoms with Gasteiger partial charge in [-0.3, -0.25) is 4.98 Å². The van der Waals surface area contributed by atoms with Crippen LogP contribution in [0.5, 0.6) is 0 Å². The summed E-state index contributed by atoms with van der Waals surface area (Å²) in [7, 11) is 0. The highest BCUT2D eigenvalue weighted by Crippen LogP contribution is 2.33. The molecule has 126 valence electrons. The molecule has 1 atom stereocenters. The predicted molar refractivity (Wildman–Crippen MR) is 97.8 cm³/mol. The number of nitrogens with one attached hydrogen (secondary N) is 2. The van der Waals surface area contributed by atoms with Gasteiger partial charge >= 0.3 is 0 Å². The van der Waals surface area contributed by atoms with Crippen LogP contribution in [-0.2, 0) is 13.0 Å². The van der Waals surface area contributed by atoms with Crippen molar-refractivity contribution in [1.82, 2.24) is 19.9 Å². The van der Waals surface area contributed by atoms with Gasteiger partial charge in [0.25, 0.3) is 0 Å². The normalized spacial score (nSPS) is 15.5. The van der Waals surface area contributed by atoms with Crippen LogP contribution in [0.3, 0.4) is 0 Å². The highest BCUT2D eigenvalue weighted by Gasteiger charge is 2.24. The Morgan fingerprint density at radius 2 is 2.00 bits per heavy atom. The average molecular weight is 353 g/mol. The van der Waals surface area contributed by atoms with Crippen molar-refractivity contribution < 1.29 is 0 Å². The third-order valence-corrected chi connectivity index (χ3v) is 4.41. The molecule has 7 heteroatoms. The molecule has 0 aliphatic carbocycles. The van der Waals surface area contributed by atoms with E-state index < -0.39 is 0 Å². The molecule has 3 aromatic heterocycles. The molecule has 3 aromatic rings. The standard InChI is InChI=1S/C18H17ClN6/c19-15-5-16-14(10-21-17(16)22-11-15)4-13-8-24-18(25-9-13)23-7-12-2-1-3-20-6-12/h1-3,5-6,8-9,11,14H,4,7,10H2,(H,21,22)(H,23,24,25). The Balaban J connectivity index is 1.39. The van der Waals surface area contributed by atoms with Crippen molar-refractivity contribution in [1.29, 1.82) is 0 Å². The largest absolute Gasteiger partial charge is 0.369 e. The van der Waals surface area contributed by atoms with Crippen molar-refractivity contribution in [2.45, 2.75) is 18.9 Å². The molecule has 0 amide bonds. The Hall–Kier alpha value is -2.73. The monoisotopic (exact) mass is 352 g/mol. The lowest BCUT2D eigenvalue weighted by atomic mass is 9.96. The average Bonchev–Trinajstić information content (AvgIpc) is 3.04. The first kappa shape index (κ1) is 15.8. The van der Waals surface area contributed by atoms with Crippen molar-refractivity contribution >= 4 is 23.4 Å². The molecule has 0 bridgehead atoms. The number of anilines is 2. The van der Waals surface area contributed by atoms with Crippen LogP contribution in [-0.4, -0.2) is 26.5 Å². The van der Waals surface area contributed by atoms with Gasteiger partial charge in [0.05, 0.1) is 5.02 Å². The van der Waals surface area contributed by atoms with Crippen LogP contribution in [0.15, 0.2) is 49.2 Å². The van der Waals surface area contributed by atoms with Crippen molar-refractivity contribution in [3.05, 3.63) is 70.9 Å². The van der Waals surface area contributed by atoms with Gasteiger partial charge in [0.15, 0.2) is 0 Å². The van der Waals surface area contributed by atoms with Crippen molar-refractivity contribution in [3.8, 4) is 0 Å². The first-order valence-corrected chi connectivity index (χ1v) is 8.49. The van der Waals surface area contributed by atoms with Crippen LogP contribution in [0.1, 0.15) is 22.6 Å². The summed E-state index contributed by atoms with van der Waals surface area (Å²) >= 11 is 6.07. The summed E-state index contributed by atoms with van der Waals surface area (Å²) in [5.74, 6) is 1.87. The molecule has 4 heterocycles. The maximum Gasteiger partial charge on any atom is 0.222 e.